The fourth-order valence-corrected chi connectivity index (χ4v) is 3.10. The standard InChI is InChI=1S/C24H21N3O3/c1-2-30-20-13-11-19(12-14-20)25-23(28)16-7-9-18(10-8-16)26-24(29)22-15-17-5-3-4-6-21(17)27-22/h3-15,27H,2H2,1H3,(H,25,28)(H,26,29). The maximum Gasteiger partial charge on any atom is 0.272 e. The average molecular weight is 399 g/mol. The van der Waals surface area contributed by atoms with Crippen LogP contribution in [0.15, 0.2) is 78.9 Å². The smallest absolute Gasteiger partial charge is 0.272 e. The lowest BCUT2D eigenvalue weighted by Gasteiger charge is -2.08. The van der Waals surface area contributed by atoms with Gasteiger partial charge in [0.25, 0.3) is 11.8 Å². The maximum atomic E-state index is 12.5. The van der Waals surface area contributed by atoms with Gasteiger partial charge in [-0.3, -0.25) is 9.59 Å². The number of H-pyrrole nitrogens is 1. The molecule has 1 aromatic heterocycles. The summed E-state index contributed by atoms with van der Waals surface area (Å²) in [6.07, 6.45) is 0. The number of amides is 2. The first-order valence-corrected chi connectivity index (χ1v) is 9.66. The average Bonchev–Trinajstić information content (AvgIpc) is 3.20. The number of carbonyl (C=O) groups excluding carboxylic acids is 2. The Morgan fingerprint density at radius 3 is 2.13 bits per heavy atom. The quantitative estimate of drug-likeness (QED) is 0.423. The van der Waals surface area contributed by atoms with E-state index in [0.29, 0.717) is 29.2 Å². The number of anilines is 2. The monoisotopic (exact) mass is 399 g/mol. The van der Waals surface area contributed by atoms with Crippen LogP contribution in [0.4, 0.5) is 11.4 Å². The SMILES string of the molecule is CCOc1ccc(NC(=O)c2ccc(NC(=O)c3cc4ccccc4[nH]3)cc2)cc1. The van der Waals surface area contributed by atoms with Gasteiger partial charge in [-0.15, -0.1) is 0 Å². The first-order chi connectivity index (χ1) is 14.6. The Bertz CT molecular complexity index is 1150. The van der Waals surface area contributed by atoms with E-state index in [-0.39, 0.29) is 11.8 Å². The number of benzene rings is 3. The number of rotatable bonds is 6. The van der Waals surface area contributed by atoms with Crippen molar-refractivity contribution in [3.05, 3.63) is 90.1 Å². The molecular formula is C24H21N3O3. The van der Waals surface area contributed by atoms with E-state index < -0.39 is 0 Å². The molecule has 0 saturated carbocycles. The molecule has 0 unspecified atom stereocenters. The second-order valence-electron chi connectivity index (χ2n) is 6.71. The van der Waals surface area contributed by atoms with Crippen molar-refractivity contribution in [1.82, 2.24) is 4.98 Å². The number of hydrogen-bond acceptors (Lipinski definition) is 3. The van der Waals surface area contributed by atoms with Gasteiger partial charge in [0.1, 0.15) is 11.4 Å². The first kappa shape index (κ1) is 19.3. The second-order valence-corrected chi connectivity index (χ2v) is 6.71. The van der Waals surface area contributed by atoms with Crippen LogP contribution in [0.3, 0.4) is 0 Å². The van der Waals surface area contributed by atoms with Gasteiger partial charge in [-0.25, -0.2) is 0 Å². The van der Waals surface area contributed by atoms with Gasteiger partial charge >= 0.3 is 0 Å². The Hall–Kier alpha value is -4.06. The molecule has 2 amide bonds. The molecule has 4 rings (SSSR count). The molecule has 0 bridgehead atoms. The normalized spacial score (nSPS) is 10.6. The highest BCUT2D eigenvalue weighted by Gasteiger charge is 2.11. The topological polar surface area (TPSA) is 83.2 Å². The molecule has 0 aliphatic heterocycles. The fourth-order valence-electron chi connectivity index (χ4n) is 3.10. The summed E-state index contributed by atoms with van der Waals surface area (Å²) < 4.78 is 5.39. The minimum Gasteiger partial charge on any atom is -0.494 e. The summed E-state index contributed by atoms with van der Waals surface area (Å²) >= 11 is 0. The third-order valence-electron chi connectivity index (χ3n) is 4.60. The summed E-state index contributed by atoms with van der Waals surface area (Å²) in [5.74, 6) is 0.288. The highest BCUT2D eigenvalue weighted by Crippen LogP contribution is 2.19. The molecule has 3 aromatic carbocycles. The van der Waals surface area contributed by atoms with Crippen molar-refractivity contribution in [1.29, 1.82) is 0 Å². The van der Waals surface area contributed by atoms with Crippen LogP contribution in [0.1, 0.15) is 27.8 Å². The molecule has 30 heavy (non-hydrogen) atoms. The number of para-hydroxylation sites is 1. The minimum atomic E-state index is -0.238. The van der Waals surface area contributed by atoms with Crippen molar-refractivity contribution < 1.29 is 14.3 Å². The van der Waals surface area contributed by atoms with Gasteiger partial charge in [-0.2, -0.15) is 0 Å². The number of ether oxygens (including phenoxy) is 1. The third kappa shape index (κ3) is 4.33. The van der Waals surface area contributed by atoms with Crippen LogP contribution in [-0.2, 0) is 0 Å². The van der Waals surface area contributed by atoms with E-state index in [1.165, 1.54) is 0 Å². The molecule has 0 saturated heterocycles. The molecule has 0 aliphatic carbocycles. The number of hydrogen-bond donors (Lipinski definition) is 3. The number of carbonyl (C=O) groups is 2. The van der Waals surface area contributed by atoms with Crippen LogP contribution in [0.2, 0.25) is 0 Å². The zero-order valence-electron chi connectivity index (χ0n) is 16.4. The van der Waals surface area contributed by atoms with Crippen molar-refractivity contribution >= 4 is 34.1 Å². The van der Waals surface area contributed by atoms with Crippen molar-refractivity contribution in [2.45, 2.75) is 6.92 Å². The predicted octanol–water partition coefficient (Wildman–Crippen LogP) is 5.07. The Balaban J connectivity index is 1.39. The molecule has 150 valence electrons. The zero-order valence-corrected chi connectivity index (χ0v) is 16.4. The molecule has 0 fully saturated rings. The van der Waals surface area contributed by atoms with Crippen molar-refractivity contribution in [3.63, 3.8) is 0 Å². The Labute approximate surface area is 173 Å². The van der Waals surface area contributed by atoms with Gasteiger partial charge < -0.3 is 20.4 Å². The molecule has 6 heteroatoms. The van der Waals surface area contributed by atoms with Crippen LogP contribution in [0.25, 0.3) is 10.9 Å². The van der Waals surface area contributed by atoms with Gasteiger partial charge in [-0.05, 0) is 67.6 Å². The van der Waals surface area contributed by atoms with Gasteiger partial charge in [0.15, 0.2) is 0 Å². The highest BCUT2D eigenvalue weighted by molar-refractivity contribution is 6.07. The number of fused-ring (bicyclic) bond motifs is 1. The van der Waals surface area contributed by atoms with E-state index in [4.69, 9.17) is 4.74 Å². The zero-order chi connectivity index (χ0) is 20.9. The molecule has 0 aliphatic rings. The molecule has 4 aromatic rings. The van der Waals surface area contributed by atoms with Crippen molar-refractivity contribution in [2.24, 2.45) is 0 Å². The van der Waals surface area contributed by atoms with E-state index in [2.05, 4.69) is 15.6 Å². The van der Waals surface area contributed by atoms with Crippen molar-refractivity contribution in [2.75, 3.05) is 17.2 Å². The molecular weight excluding hydrogens is 378 g/mol. The van der Waals surface area contributed by atoms with Crippen LogP contribution in [0.5, 0.6) is 5.75 Å². The molecule has 0 spiro atoms. The Morgan fingerprint density at radius 1 is 0.833 bits per heavy atom. The number of aromatic nitrogens is 1. The molecule has 1 heterocycles. The van der Waals surface area contributed by atoms with E-state index in [9.17, 15) is 9.59 Å². The summed E-state index contributed by atoms with van der Waals surface area (Å²) in [6, 6.07) is 23.5. The van der Waals surface area contributed by atoms with E-state index in [1.807, 2.05) is 49.4 Å². The Morgan fingerprint density at radius 2 is 1.47 bits per heavy atom. The van der Waals surface area contributed by atoms with Crippen LogP contribution in [-0.4, -0.2) is 23.4 Å². The van der Waals surface area contributed by atoms with Crippen LogP contribution >= 0.6 is 0 Å². The number of nitrogens with one attached hydrogen (secondary N) is 3. The maximum absolute atomic E-state index is 12.5. The Kier molecular flexibility index (Phi) is 5.48. The van der Waals surface area contributed by atoms with E-state index in [1.54, 1.807) is 36.4 Å². The largest absolute Gasteiger partial charge is 0.494 e. The summed E-state index contributed by atoms with van der Waals surface area (Å²) in [5, 5.41) is 6.65. The molecule has 3 N–H and O–H groups in total. The van der Waals surface area contributed by atoms with E-state index in [0.717, 1.165) is 16.7 Å². The summed E-state index contributed by atoms with van der Waals surface area (Å²) in [7, 11) is 0. The van der Waals surface area contributed by atoms with Crippen LogP contribution < -0.4 is 15.4 Å². The van der Waals surface area contributed by atoms with Crippen molar-refractivity contribution in [3.8, 4) is 5.75 Å². The lowest BCUT2D eigenvalue weighted by atomic mass is 10.2. The fraction of sp³-hybridized carbons (Fsp3) is 0.0833. The van der Waals surface area contributed by atoms with E-state index >= 15 is 0 Å². The van der Waals surface area contributed by atoms with Gasteiger partial charge in [0.05, 0.1) is 6.61 Å². The van der Waals surface area contributed by atoms with Gasteiger partial charge in [0, 0.05) is 27.8 Å². The molecule has 0 atom stereocenters. The molecule has 0 radical (unpaired) electrons. The lowest BCUT2D eigenvalue weighted by Crippen LogP contribution is -2.14. The summed E-state index contributed by atoms with van der Waals surface area (Å²) in [4.78, 5) is 28.0. The van der Waals surface area contributed by atoms with Gasteiger partial charge in [-0.1, -0.05) is 18.2 Å². The lowest BCUT2D eigenvalue weighted by molar-refractivity contribution is 0.101. The highest BCUT2D eigenvalue weighted by atomic mass is 16.5. The first-order valence-electron chi connectivity index (χ1n) is 9.66. The van der Waals surface area contributed by atoms with Gasteiger partial charge in [0.2, 0.25) is 0 Å². The van der Waals surface area contributed by atoms with Crippen LogP contribution in [0, 0.1) is 0 Å². The third-order valence-corrected chi connectivity index (χ3v) is 4.60. The number of aromatic amines is 1. The predicted molar refractivity (Wildman–Crippen MR) is 118 cm³/mol. The second kappa shape index (κ2) is 8.53. The summed E-state index contributed by atoms with van der Waals surface area (Å²) in [5.41, 5.74) is 3.17. The molecule has 6 nitrogen and oxygen atoms in total. The summed E-state index contributed by atoms with van der Waals surface area (Å²) in [6.45, 7) is 2.51. The minimum absolute atomic E-state index is 0.229.